The summed E-state index contributed by atoms with van der Waals surface area (Å²) in [5.74, 6) is -0.934. The summed E-state index contributed by atoms with van der Waals surface area (Å²) in [6.07, 6.45) is 1.22. The average Bonchev–Trinajstić information content (AvgIpc) is 2.83. The second-order valence-corrected chi connectivity index (χ2v) is 12.0. The van der Waals surface area contributed by atoms with Crippen molar-refractivity contribution in [3.05, 3.63) is 71.0 Å². The van der Waals surface area contributed by atoms with Crippen LogP contribution in [0.1, 0.15) is 48.6 Å². The molecule has 0 aliphatic carbocycles. The third-order valence-corrected chi connectivity index (χ3v) is 10.1. The Kier molecular flexibility index (Phi) is 7.61. The summed E-state index contributed by atoms with van der Waals surface area (Å²) < 4.78 is 48.1. The number of primary amides is 1. The molecule has 0 radical (unpaired) electrons. The number of nitrogens with one attached hydrogen (secondary N) is 2. The topological polar surface area (TPSA) is 111 Å². The van der Waals surface area contributed by atoms with Crippen LogP contribution < -0.4 is 16.4 Å². The molecule has 190 valence electrons. The predicted octanol–water partition coefficient (Wildman–Crippen LogP) is 2.35. The lowest BCUT2D eigenvalue weighted by Gasteiger charge is -2.40. The summed E-state index contributed by atoms with van der Waals surface area (Å²) in [6.45, 7) is 4.82. The first kappa shape index (κ1) is 25.8. The Morgan fingerprint density at radius 2 is 1.91 bits per heavy atom. The van der Waals surface area contributed by atoms with E-state index in [4.69, 9.17) is 10.5 Å². The second-order valence-electron chi connectivity index (χ2n) is 9.70. The van der Waals surface area contributed by atoms with E-state index in [9.17, 15) is 13.2 Å². The molecule has 9 heteroatoms. The van der Waals surface area contributed by atoms with Gasteiger partial charge < -0.3 is 15.8 Å². The van der Waals surface area contributed by atoms with Crippen LogP contribution in [0.25, 0.3) is 0 Å². The van der Waals surface area contributed by atoms with Gasteiger partial charge in [0.15, 0.2) is 9.84 Å². The molecule has 2 aliphatic heterocycles. The summed E-state index contributed by atoms with van der Waals surface area (Å²) >= 11 is 0. The number of nitrogens with two attached hydrogens (primary N) is 1. The van der Waals surface area contributed by atoms with Crippen LogP contribution >= 0.6 is 0 Å². The second kappa shape index (κ2) is 10.3. The lowest BCUT2D eigenvalue weighted by molar-refractivity contribution is -0.120. The lowest BCUT2D eigenvalue weighted by atomic mass is 9.81. The van der Waals surface area contributed by atoms with E-state index in [0.29, 0.717) is 43.7 Å². The van der Waals surface area contributed by atoms with Gasteiger partial charge >= 0.3 is 0 Å². The Hall–Kier alpha value is -2.33. The van der Waals surface area contributed by atoms with Crippen LogP contribution in [0.3, 0.4) is 0 Å². The minimum atomic E-state index is -3.56. The largest absolute Gasteiger partial charge is 0.381 e. The molecular formula is C26H34FN3O4S. The molecule has 2 aromatic rings. The molecule has 2 saturated heterocycles. The van der Waals surface area contributed by atoms with E-state index in [1.54, 1.807) is 13.0 Å². The number of sulfone groups is 1. The minimum Gasteiger partial charge on any atom is -0.381 e. The summed E-state index contributed by atoms with van der Waals surface area (Å²) in [6, 6.07) is 13.2. The van der Waals surface area contributed by atoms with E-state index in [1.807, 2.05) is 43.3 Å². The van der Waals surface area contributed by atoms with Crippen LogP contribution in [0.5, 0.6) is 0 Å². The molecule has 0 aromatic heterocycles. The number of carbonyl (C=O) groups is 1. The third-order valence-electron chi connectivity index (χ3n) is 7.47. The molecule has 4 N–H and O–H groups in total. The van der Waals surface area contributed by atoms with Crippen LogP contribution in [0.4, 0.5) is 4.39 Å². The number of amides is 1. The van der Waals surface area contributed by atoms with E-state index >= 15 is 4.39 Å². The molecule has 4 rings (SSSR count). The molecule has 4 atom stereocenters. The van der Waals surface area contributed by atoms with Crippen molar-refractivity contribution in [1.82, 2.24) is 10.6 Å². The molecule has 35 heavy (non-hydrogen) atoms. The summed E-state index contributed by atoms with van der Waals surface area (Å²) in [4.78, 5) is 11.7. The highest BCUT2D eigenvalue weighted by molar-refractivity contribution is 7.92. The number of carbonyl (C=O) groups excluding carboxylic acids is 1. The molecule has 2 fully saturated rings. The maximum atomic E-state index is 15.5. The Morgan fingerprint density at radius 1 is 1.23 bits per heavy atom. The zero-order valence-corrected chi connectivity index (χ0v) is 21.0. The van der Waals surface area contributed by atoms with Gasteiger partial charge in [0.25, 0.3) is 0 Å². The van der Waals surface area contributed by atoms with E-state index in [1.165, 1.54) is 6.07 Å². The van der Waals surface area contributed by atoms with Crippen molar-refractivity contribution in [2.75, 3.05) is 19.8 Å². The quantitative estimate of drug-likeness (QED) is 0.535. The van der Waals surface area contributed by atoms with Gasteiger partial charge in [0, 0.05) is 31.3 Å². The minimum absolute atomic E-state index is 0.0766. The van der Waals surface area contributed by atoms with E-state index in [2.05, 4.69) is 10.6 Å². The number of rotatable bonds is 7. The fraction of sp³-hybridized carbons (Fsp3) is 0.500. The molecular weight excluding hydrogens is 469 g/mol. The predicted molar refractivity (Wildman–Crippen MR) is 133 cm³/mol. The molecule has 2 aromatic carbocycles. The number of benzene rings is 2. The normalized spacial score (nSPS) is 26.7. The first-order valence-electron chi connectivity index (χ1n) is 12.1. The van der Waals surface area contributed by atoms with Gasteiger partial charge in [-0.3, -0.25) is 10.1 Å². The fourth-order valence-electron chi connectivity index (χ4n) is 5.25. The maximum Gasteiger partial charge on any atom is 0.234 e. The number of hydrogen-bond donors (Lipinski definition) is 3. The zero-order valence-electron chi connectivity index (χ0n) is 20.2. The van der Waals surface area contributed by atoms with Crippen molar-refractivity contribution in [3.8, 4) is 0 Å². The van der Waals surface area contributed by atoms with Gasteiger partial charge in [0.05, 0.1) is 16.5 Å². The van der Waals surface area contributed by atoms with Crippen molar-refractivity contribution >= 4 is 15.7 Å². The smallest absolute Gasteiger partial charge is 0.234 e. The molecule has 1 amide bonds. The first-order chi connectivity index (χ1) is 16.6. The van der Waals surface area contributed by atoms with Crippen molar-refractivity contribution in [2.24, 2.45) is 5.73 Å². The van der Waals surface area contributed by atoms with Gasteiger partial charge in [-0.15, -0.1) is 0 Å². The number of hydrogen-bond acceptors (Lipinski definition) is 6. The van der Waals surface area contributed by atoms with Gasteiger partial charge in [-0.25, -0.2) is 12.8 Å². The Balaban J connectivity index is 1.61. The van der Waals surface area contributed by atoms with Crippen molar-refractivity contribution < 1.29 is 22.3 Å². The lowest BCUT2D eigenvalue weighted by Crippen LogP contribution is -2.54. The van der Waals surface area contributed by atoms with Gasteiger partial charge in [0.2, 0.25) is 5.91 Å². The molecule has 0 saturated carbocycles. The van der Waals surface area contributed by atoms with E-state index in [-0.39, 0.29) is 12.5 Å². The Labute approximate surface area is 206 Å². The Morgan fingerprint density at radius 3 is 2.54 bits per heavy atom. The van der Waals surface area contributed by atoms with Crippen molar-refractivity contribution in [1.29, 1.82) is 0 Å². The SMILES string of the molecule is C[C@H](NC1(c2ccc(CC3[C@H](C)NC[C@@H](c4ccccc4)S3(=O)=O)c(F)c2)CCOCC1)C(N)=O. The molecule has 0 bridgehead atoms. The monoisotopic (exact) mass is 503 g/mol. The number of ether oxygens (including phenoxy) is 1. The highest BCUT2D eigenvalue weighted by Gasteiger charge is 2.43. The first-order valence-corrected chi connectivity index (χ1v) is 13.7. The maximum absolute atomic E-state index is 15.5. The highest BCUT2D eigenvalue weighted by Crippen LogP contribution is 2.36. The van der Waals surface area contributed by atoms with Crippen molar-refractivity contribution in [3.63, 3.8) is 0 Å². The molecule has 1 unspecified atom stereocenters. The van der Waals surface area contributed by atoms with Gasteiger partial charge in [-0.2, -0.15) is 0 Å². The van der Waals surface area contributed by atoms with Crippen LogP contribution in [0, 0.1) is 5.82 Å². The van der Waals surface area contributed by atoms with Crippen LogP contribution in [0.2, 0.25) is 0 Å². The number of halogens is 1. The standard InChI is InChI=1S/C26H34FN3O4S/c1-17-23(35(32,33)24(16-29-17)19-6-4-3-5-7-19)14-20-8-9-21(15-22(20)27)26(10-12-34-13-11-26)30-18(2)25(28)31/h3-9,15,17-18,23-24,29-30H,10-14,16H2,1-2H3,(H2,28,31)/t17-,18-,23?,24-/m0/s1. The molecule has 0 spiro atoms. The van der Waals surface area contributed by atoms with E-state index in [0.717, 1.165) is 5.56 Å². The highest BCUT2D eigenvalue weighted by atomic mass is 32.2. The zero-order chi connectivity index (χ0) is 25.2. The third kappa shape index (κ3) is 5.28. The molecule has 2 aliphatic rings. The summed E-state index contributed by atoms with van der Waals surface area (Å²) in [7, 11) is -3.56. The van der Waals surface area contributed by atoms with Crippen LogP contribution in [-0.4, -0.2) is 51.4 Å². The van der Waals surface area contributed by atoms with Crippen molar-refractivity contribution in [2.45, 2.75) is 61.2 Å². The summed E-state index contributed by atoms with van der Waals surface area (Å²) in [5.41, 5.74) is 6.63. The van der Waals surface area contributed by atoms with Gasteiger partial charge in [0.1, 0.15) is 5.82 Å². The molecule has 2 heterocycles. The molecule has 7 nitrogen and oxygen atoms in total. The average molecular weight is 504 g/mol. The van der Waals surface area contributed by atoms with Crippen LogP contribution in [-0.2, 0) is 31.3 Å². The fourth-order valence-corrected chi connectivity index (χ4v) is 7.62. The van der Waals surface area contributed by atoms with E-state index < -0.39 is 43.6 Å². The summed E-state index contributed by atoms with van der Waals surface area (Å²) in [5, 5.41) is 5.17. The van der Waals surface area contributed by atoms with Crippen LogP contribution in [0.15, 0.2) is 48.5 Å². The van der Waals surface area contributed by atoms with Gasteiger partial charge in [-0.05, 0) is 55.9 Å². The van der Waals surface area contributed by atoms with Gasteiger partial charge in [-0.1, -0.05) is 42.5 Å². The Bertz CT molecular complexity index is 1150.